The monoisotopic (exact) mass is 274 g/mol. The average molecular weight is 274 g/mol. The van der Waals surface area contributed by atoms with Gasteiger partial charge in [-0.05, 0) is 25.7 Å². The number of aliphatic carboxylic acids is 1. The zero-order valence-corrected chi connectivity index (χ0v) is 11.9. The van der Waals surface area contributed by atoms with Crippen LogP contribution >= 0.6 is 0 Å². The van der Waals surface area contributed by atoms with E-state index >= 15 is 0 Å². The molecule has 0 aliphatic heterocycles. The molecule has 6 heteroatoms. The Morgan fingerprint density at radius 1 is 1.16 bits per heavy atom. The number of hydrogen-bond acceptors (Lipinski definition) is 3. The van der Waals surface area contributed by atoms with Crippen molar-refractivity contribution in [1.29, 1.82) is 0 Å². The van der Waals surface area contributed by atoms with Crippen molar-refractivity contribution in [3.05, 3.63) is 0 Å². The molecule has 0 aliphatic carbocycles. The van der Waals surface area contributed by atoms with Crippen molar-refractivity contribution < 1.29 is 19.4 Å². The minimum absolute atomic E-state index is 0.210. The summed E-state index contributed by atoms with van der Waals surface area (Å²) in [7, 11) is 0. The van der Waals surface area contributed by atoms with Gasteiger partial charge in [0.25, 0.3) is 0 Å². The number of carbonyl (C=O) groups excluding carboxylic acids is 1. The Labute approximate surface area is 114 Å². The van der Waals surface area contributed by atoms with E-state index in [1.165, 1.54) is 0 Å². The fourth-order valence-corrected chi connectivity index (χ4v) is 1.42. The number of hydrogen-bond donors (Lipinski definition) is 3. The smallest absolute Gasteiger partial charge is 0.314 e. The second-order valence-electron chi connectivity index (χ2n) is 4.53. The van der Waals surface area contributed by atoms with Gasteiger partial charge in [0.05, 0.1) is 5.92 Å². The van der Waals surface area contributed by atoms with Gasteiger partial charge in [0.1, 0.15) is 0 Å². The Morgan fingerprint density at radius 2 is 1.79 bits per heavy atom. The van der Waals surface area contributed by atoms with Crippen molar-refractivity contribution in [2.45, 2.75) is 39.5 Å². The summed E-state index contributed by atoms with van der Waals surface area (Å²) in [6, 6.07) is -0.210. The molecular formula is C13H26N2O4. The lowest BCUT2D eigenvalue weighted by Gasteiger charge is -2.09. The fourth-order valence-electron chi connectivity index (χ4n) is 1.42. The van der Waals surface area contributed by atoms with Gasteiger partial charge in [-0.1, -0.05) is 13.8 Å². The van der Waals surface area contributed by atoms with Crippen LogP contribution in [0.1, 0.15) is 39.5 Å². The molecule has 3 N–H and O–H groups in total. The first-order chi connectivity index (χ1) is 9.07. The van der Waals surface area contributed by atoms with Crippen LogP contribution in [0.4, 0.5) is 4.79 Å². The maximum atomic E-state index is 11.3. The molecule has 0 heterocycles. The topological polar surface area (TPSA) is 87.7 Å². The van der Waals surface area contributed by atoms with Gasteiger partial charge in [-0.3, -0.25) is 4.79 Å². The lowest BCUT2D eigenvalue weighted by Crippen LogP contribution is -2.37. The van der Waals surface area contributed by atoms with Crippen molar-refractivity contribution in [1.82, 2.24) is 10.6 Å². The molecule has 0 saturated heterocycles. The number of carbonyl (C=O) groups is 2. The molecule has 0 bridgehead atoms. The van der Waals surface area contributed by atoms with E-state index in [4.69, 9.17) is 9.84 Å². The predicted molar refractivity (Wildman–Crippen MR) is 73.2 cm³/mol. The quantitative estimate of drug-likeness (QED) is 0.499. The Hall–Kier alpha value is -1.30. The highest BCUT2D eigenvalue weighted by molar-refractivity contribution is 5.73. The zero-order valence-electron chi connectivity index (χ0n) is 11.9. The summed E-state index contributed by atoms with van der Waals surface area (Å²) in [5.41, 5.74) is 0. The molecule has 0 fully saturated rings. The summed E-state index contributed by atoms with van der Waals surface area (Å²) >= 11 is 0. The van der Waals surface area contributed by atoms with Gasteiger partial charge in [-0.15, -0.1) is 0 Å². The lowest BCUT2D eigenvalue weighted by molar-refractivity contribution is -0.141. The Balaban J connectivity index is 3.33. The molecular weight excluding hydrogens is 248 g/mol. The van der Waals surface area contributed by atoms with Gasteiger partial charge in [0, 0.05) is 26.3 Å². The van der Waals surface area contributed by atoms with E-state index in [2.05, 4.69) is 17.6 Å². The second kappa shape index (κ2) is 11.8. The van der Waals surface area contributed by atoms with Gasteiger partial charge in [-0.25, -0.2) is 4.79 Å². The molecule has 2 amide bonds. The van der Waals surface area contributed by atoms with Crippen molar-refractivity contribution in [3.8, 4) is 0 Å². The summed E-state index contributed by atoms with van der Waals surface area (Å²) in [6.07, 6.45) is 3.03. The second-order valence-corrected chi connectivity index (χ2v) is 4.53. The molecule has 0 aromatic carbocycles. The van der Waals surface area contributed by atoms with Crippen LogP contribution in [-0.4, -0.2) is 43.4 Å². The Kier molecular flexibility index (Phi) is 11.0. The van der Waals surface area contributed by atoms with Gasteiger partial charge in [0.2, 0.25) is 0 Å². The van der Waals surface area contributed by atoms with E-state index in [1.807, 2.05) is 0 Å². The van der Waals surface area contributed by atoms with Crippen molar-refractivity contribution in [3.63, 3.8) is 0 Å². The largest absolute Gasteiger partial charge is 0.481 e. The first-order valence-electron chi connectivity index (χ1n) is 6.90. The van der Waals surface area contributed by atoms with Crippen LogP contribution in [0.15, 0.2) is 0 Å². The predicted octanol–water partition coefficient (Wildman–Crippen LogP) is 1.60. The first-order valence-corrected chi connectivity index (χ1v) is 6.90. The molecule has 6 nitrogen and oxygen atoms in total. The Bertz CT molecular complexity index is 259. The third-order valence-electron chi connectivity index (χ3n) is 2.62. The molecule has 112 valence electrons. The summed E-state index contributed by atoms with van der Waals surface area (Å²) in [4.78, 5) is 21.9. The van der Waals surface area contributed by atoms with Crippen LogP contribution in [0.5, 0.6) is 0 Å². The van der Waals surface area contributed by atoms with Gasteiger partial charge >= 0.3 is 12.0 Å². The summed E-state index contributed by atoms with van der Waals surface area (Å²) in [5, 5.41) is 14.1. The van der Waals surface area contributed by atoms with Crippen molar-refractivity contribution in [2.24, 2.45) is 5.92 Å². The number of carboxylic acid groups (broad SMARTS) is 1. The number of ether oxygens (including phenoxy) is 1. The zero-order chi connectivity index (χ0) is 14.5. The fraction of sp³-hybridized carbons (Fsp3) is 0.846. The Morgan fingerprint density at radius 3 is 2.37 bits per heavy atom. The molecule has 1 unspecified atom stereocenters. The third-order valence-corrected chi connectivity index (χ3v) is 2.62. The number of carboxylic acids is 1. The molecule has 19 heavy (non-hydrogen) atoms. The minimum atomic E-state index is -0.795. The third kappa shape index (κ3) is 11.5. The van der Waals surface area contributed by atoms with Crippen LogP contribution in [-0.2, 0) is 9.53 Å². The van der Waals surface area contributed by atoms with Gasteiger partial charge in [-0.2, -0.15) is 0 Å². The maximum Gasteiger partial charge on any atom is 0.314 e. The number of amides is 2. The standard InChI is InChI=1S/C13H26N2O4/c1-3-9-19-10-5-8-15-13(18)14-7-4-6-11(2)12(16)17/h11H,3-10H2,1-2H3,(H,16,17)(H2,14,15,18). The molecule has 0 spiro atoms. The molecule has 0 aromatic heterocycles. The van der Waals surface area contributed by atoms with E-state index in [0.29, 0.717) is 32.5 Å². The number of urea groups is 1. The summed E-state index contributed by atoms with van der Waals surface area (Å²) in [5.74, 6) is -1.16. The first kappa shape index (κ1) is 17.7. The van der Waals surface area contributed by atoms with E-state index in [9.17, 15) is 9.59 Å². The van der Waals surface area contributed by atoms with Crippen LogP contribution < -0.4 is 10.6 Å². The van der Waals surface area contributed by atoms with Crippen LogP contribution in [0.2, 0.25) is 0 Å². The number of rotatable bonds is 11. The van der Waals surface area contributed by atoms with E-state index < -0.39 is 5.97 Å². The van der Waals surface area contributed by atoms with E-state index in [-0.39, 0.29) is 11.9 Å². The highest BCUT2D eigenvalue weighted by Crippen LogP contribution is 2.03. The highest BCUT2D eigenvalue weighted by Gasteiger charge is 2.09. The maximum absolute atomic E-state index is 11.3. The lowest BCUT2D eigenvalue weighted by atomic mass is 10.1. The molecule has 0 saturated carbocycles. The highest BCUT2D eigenvalue weighted by atomic mass is 16.5. The van der Waals surface area contributed by atoms with Crippen molar-refractivity contribution in [2.75, 3.05) is 26.3 Å². The normalized spacial score (nSPS) is 11.9. The van der Waals surface area contributed by atoms with E-state index in [0.717, 1.165) is 19.4 Å². The molecule has 0 aromatic rings. The van der Waals surface area contributed by atoms with E-state index in [1.54, 1.807) is 6.92 Å². The number of nitrogens with one attached hydrogen (secondary N) is 2. The molecule has 0 rings (SSSR count). The summed E-state index contributed by atoms with van der Waals surface area (Å²) in [6.45, 7) is 6.21. The van der Waals surface area contributed by atoms with Crippen molar-refractivity contribution >= 4 is 12.0 Å². The SMILES string of the molecule is CCCOCCCNC(=O)NCCCC(C)C(=O)O. The van der Waals surface area contributed by atoms with Crippen LogP contribution in [0.25, 0.3) is 0 Å². The van der Waals surface area contributed by atoms with Gasteiger partial charge < -0.3 is 20.5 Å². The average Bonchev–Trinajstić information content (AvgIpc) is 2.38. The van der Waals surface area contributed by atoms with Crippen LogP contribution in [0.3, 0.4) is 0 Å². The molecule has 0 aliphatic rings. The minimum Gasteiger partial charge on any atom is -0.481 e. The summed E-state index contributed by atoms with van der Waals surface area (Å²) < 4.78 is 5.28. The molecule has 1 atom stereocenters. The van der Waals surface area contributed by atoms with Crippen LogP contribution in [0, 0.1) is 5.92 Å². The van der Waals surface area contributed by atoms with Gasteiger partial charge in [0.15, 0.2) is 0 Å². The molecule has 0 radical (unpaired) electrons.